The van der Waals surface area contributed by atoms with Crippen LogP contribution in [-0.2, 0) is 6.54 Å². The fourth-order valence-electron chi connectivity index (χ4n) is 3.40. The summed E-state index contributed by atoms with van der Waals surface area (Å²) in [4.78, 5) is 9.39. The Morgan fingerprint density at radius 2 is 2.04 bits per heavy atom. The molecule has 5 nitrogen and oxygen atoms in total. The Balaban J connectivity index is 1.91. The number of anilines is 1. The fourth-order valence-corrected chi connectivity index (χ4v) is 3.40. The zero-order valence-corrected chi connectivity index (χ0v) is 17.0. The number of nitrogens with one attached hydrogen (secondary N) is 1. The molecule has 0 aromatic heterocycles. The average molecular weight is 373 g/mol. The normalized spacial score (nSPS) is 15.7. The van der Waals surface area contributed by atoms with Gasteiger partial charge in [0.15, 0.2) is 5.96 Å². The molecule has 150 valence electrons. The topological polar surface area (TPSA) is 51.1 Å². The van der Waals surface area contributed by atoms with E-state index in [1.54, 1.807) is 0 Å². The highest BCUT2D eigenvalue weighted by Gasteiger charge is 2.18. The Hall–Kier alpha value is -2.01. The maximum atomic E-state index is 9.28. The average Bonchev–Trinajstić information content (AvgIpc) is 2.71. The van der Waals surface area contributed by atoms with Gasteiger partial charge in [-0.25, -0.2) is 4.99 Å². The van der Waals surface area contributed by atoms with Crippen molar-refractivity contribution in [2.45, 2.75) is 39.2 Å². The van der Waals surface area contributed by atoms with Crippen molar-refractivity contribution in [2.75, 3.05) is 44.7 Å². The predicted molar refractivity (Wildman–Crippen MR) is 115 cm³/mol. The molecule has 0 atom stereocenters. The predicted octanol–water partition coefficient (Wildman–Crippen LogP) is 3.26. The van der Waals surface area contributed by atoms with E-state index in [2.05, 4.69) is 59.9 Å². The van der Waals surface area contributed by atoms with Crippen LogP contribution in [0, 0.1) is 5.92 Å². The lowest BCUT2D eigenvalue weighted by molar-refractivity contribution is 0.203. The van der Waals surface area contributed by atoms with Crippen molar-refractivity contribution < 1.29 is 5.11 Å². The summed E-state index contributed by atoms with van der Waals surface area (Å²) >= 11 is 0. The molecule has 0 aliphatic carbocycles. The summed E-state index contributed by atoms with van der Waals surface area (Å²) in [5.41, 5.74) is 2.49. The molecule has 1 aliphatic rings. The van der Waals surface area contributed by atoms with Crippen LogP contribution in [0.1, 0.15) is 38.2 Å². The lowest BCUT2D eigenvalue weighted by atomic mass is 9.97. The summed E-state index contributed by atoms with van der Waals surface area (Å²) in [6, 6.07) is 8.76. The monoisotopic (exact) mass is 372 g/mol. The molecule has 1 fully saturated rings. The summed E-state index contributed by atoms with van der Waals surface area (Å²) in [6.45, 7) is 10.8. The second-order valence-electron chi connectivity index (χ2n) is 7.30. The Bertz CT molecular complexity index is 576. The minimum Gasteiger partial charge on any atom is -0.396 e. The zero-order valence-electron chi connectivity index (χ0n) is 17.0. The molecule has 0 amide bonds. The number of aliphatic hydroxyl groups is 1. The molecule has 27 heavy (non-hydrogen) atoms. The van der Waals surface area contributed by atoms with Crippen molar-refractivity contribution in [1.82, 2.24) is 10.2 Å². The minimum atomic E-state index is 0.320. The molecule has 1 saturated heterocycles. The van der Waals surface area contributed by atoms with Crippen molar-refractivity contribution in [3.8, 4) is 0 Å². The van der Waals surface area contributed by atoms with Crippen molar-refractivity contribution in [3.05, 3.63) is 42.5 Å². The lowest BCUT2D eigenvalue weighted by Gasteiger charge is -2.32. The third kappa shape index (κ3) is 6.90. The molecule has 0 spiro atoms. The summed E-state index contributed by atoms with van der Waals surface area (Å²) in [5.74, 6) is 1.43. The number of allylic oxidation sites excluding steroid dienone is 1. The first-order valence-electron chi connectivity index (χ1n) is 10.2. The van der Waals surface area contributed by atoms with Crippen molar-refractivity contribution >= 4 is 11.6 Å². The number of aliphatic hydroxyl groups excluding tert-OH is 1. The summed E-state index contributed by atoms with van der Waals surface area (Å²) in [7, 11) is 2.09. The van der Waals surface area contributed by atoms with E-state index in [1.165, 1.54) is 11.3 Å². The second kappa shape index (κ2) is 11.7. The van der Waals surface area contributed by atoms with Gasteiger partial charge in [-0.15, -0.1) is 6.58 Å². The van der Waals surface area contributed by atoms with Gasteiger partial charge in [-0.3, -0.25) is 0 Å². The van der Waals surface area contributed by atoms with E-state index in [4.69, 9.17) is 4.99 Å². The number of benzene rings is 1. The van der Waals surface area contributed by atoms with Crippen LogP contribution in [0.3, 0.4) is 0 Å². The molecule has 0 bridgehead atoms. The Morgan fingerprint density at radius 3 is 2.63 bits per heavy atom. The van der Waals surface area contributed by atoms with Crippen LogP contribution in [0.5, 0.6) is 0 Å². The fraction of sp³-hybridized carbons (Fsp3) is 0.591. The van der Waals surface area contributed by atoms with Crippen LogP contribution >= 0.6 is 0 Å². The maximum Gasteiger partial charge on any atom is 0.193 e. The summed E-state index contributed by atoms with van der Waals surface area (Å²) in [5, 5.41) is 12.7. The van der Waals surface area contributed by atoms with Gasteiger partial charge in [0.2, 0.25) is 0 Å². The number of aliphatic imine (C=N–C) groups is 1. The molecule has 0 saturated carbocycles. The first-order chi connectivity index (χ1) is 13.2. The van der Waals surface area contributed by atoms with E-state index in [9.17, 15) is 5.11 Å². The van der Waals surface area contributed by atoms with Crippen LogP contribution in [0.2, 0.25) is 0 Å². The molecule has 2 rings (SSSR count). The zero-order chi connectivity index (χ0) is 19.5. The van der Waals surface area contributed by atoms with E-state index < -0.39 is 0 Å². The van der Waals surface area contributed by atoms with Crippen molar-refractivity contribution in [3.63, 3.8) is 0 Å². The molecule has 5 heteroatoms. The van der Waals surface area contributed by atoms with Gasteiger partial charge in [0.25, 0.3) is 0 Å². The molecule has 0 radical (unpaired) electrons. The van der Waals surface area contributed by atoms with Gasteiger partial charge in [0.05, 0.1) is 6.54 Å². The highest BCUT2D eigenvalue weighted by molar-refractivity contribution is 5.79. The Labute approximate surface area is 164 Å². The standard InChI is InChI=1S/C22H36N4O/c1-4-6-7-14-25(3)22(23-5-2)24-17-19-8-10-21(11-9-19)26-15-12-20(18-27)13-16-26/h4,8-11,20,27H,1,5-7,12-18H2,2-3H3,(H,23,24). The summed E-state index contributed by atoms with van der Waals surface area (Å²) in [6.07, 6.45) is 6.23. The summed E-state index contributed by atoms with van der Waals surface area (Å²) < 4.78 is 0. The van der Waals surface area contributed by atoms with Crippen molar-refractivity contribution in [2.24, 2.45) is 10.9 Å². The number of rotatable bonds is 9. The van der Waals surface area contributed by atoms with Crippen LogP contribution in [0.15, 0.2) is 41.9 Å². The smallest absolute Gasteiger partial charge is 0.193 e. The van der Waals surface area contributed by atoms with E-state index >= 15 is 0 Å². The third-order valence-electron chi connectivity index (χ3n) is 5.18. The van der Waals surface area contributed by atoms with E-state index in [0.29, 0.717) is 19.1 Å². The molecule has 2 N–H and O–H groups in total. The van der Waals surface area contributed by atoms with E-state index in [1.807, 2.05) is 6.08 Å². The number of hydrogen-bond acceptors (Lipinski definition) is 3. The third-order valence-corrected chi connectivity index (χ3v) is 5.18. The molecular weight excluding hydrogens is 336 g/mol. The van der Waals surface area contributed by atoms with Gasteiger partial charge in [-0.1, -0.05) is 18.2 Å². The van der Waals surface area contributed by atoms with Crippen LogP contribution in [-0.4, -0.2) is 55.8 Å². The van der Waals surface area contributed by atoms with Crippen LogP contribution in [0.25, 0.3) is 0 Å². The molecule has 0 unspecified atom stereocenters. The number of unbranched alkanes of at least 4 members (excludes halogenated alkanes) is 1. The molecule has 1 aromatic rings. The molecular formula is C22H36N4O. The van der Waals surface area contributed by atoms with E-state index in [-0.39, 0.29) is 0 Å². The largest absolute Gasteiger partial charge is 0.396 e. The van der Waals surface area contributed by atoms with Gasteiger partial charge in [0, 0.05) is 45.5 Å². The van der Waals surface area contributed by atoms with Crippen LogP contribution < -0.4 is 10.2 Å². The molecule has 1 aromatic carbocycles. The van der Waals surface area contributed by atoms with Gasteiger partial charge in [0.1, 0.15) is 0 Å². The minimum absolute atomic E-state index is 0.320. The van der Waals surface area contributed by atoms with E-state index in [0.717, 1.165) is 57.8 Å². The van der Waals surface area contributed by atoms with Gasteiger partial charge in [-0.05, 0) is 56.2 Å². The number of nitrogens with zero attached hydrogens (tertiary/aromatic N) is 3. The lowest BCUT2D eigenvalue weighted by Crippen LogP contribution is -2.39. The molecule has 1 heterocycles. The molecule has 1 aliphatic heterocycles. The van der Waals surface area contributed by atoms with Gasteiger partial charge < -0.3 is 20.2 Å². The first-order valence-corrected chi connectivity index (χ1v) is 10.2. The SMILES string of the molecule is C=CCCCN(C)C(=NCc1ccc(N2CCC(CO)CC2)cc1)NCC. The number of guanidine groups is 1. The first kappa shape index (κ1) is 21.3. The van der Waals surface area contributed by atoms with Crippen LogP contribution in [0.4, 0.5) is 5.69 Å². The maximum absolute atomic E-state index is 9.28. The quantitative estimate of drug-likeness (QED) is 0.302. The second-order valence-corrected chi connectivity index (χ2v) is 7.30. The van der Waals surface area contributed by atoms with Gasteiger partial charge >= 0.3 is 0 Å². The van der Waals surface area contributed by atoms with Gasteiger partial charge in [-0.2, -0.15) is 0 Å². The number of piperidine rings is 1. The van der Waals surface area contributed by atoms with Crippen molar-refractivity contribution in [1.29, 1.82) is 0 Å². The Kier molecular flexibility index (Phi) is 9.19. The number of hydrogen-bond donors (Lipinski definition) is 2. The highest BCUT2D eigenvalue weighted by Crippen LogP contribution is 2.23. The highest BCUT2D eigenvalue weighted by atomic mass is 16.3. The Morgan fingerprint density at radius 1 is 1.33 bits per heavy atom.